The summed E-state index contributed by atoms with van der Waals surface area (Å²) >= 11 is 2.02. The number of benzene rings is 18. The third kappa shape index (κ3) is 27.1. The second-order valence-electron chi connectivity index (χ2n) is 26.1. The summed E-state index contributed by atoms with van der Waals surface area (Å²) in [5.41, 5.74) is 0. The quantitative estimate of drug-likeness (QED) is 0.0593. The van der Waals surface area contributed by atoms with Crippen LogP contribution >= 0.6 is 57.2 Å². The van der Waals surface area contributed by atoms with Crippen molar-refractivity contribution in [3.8, 4) is 0 Å². The van der Waals surface area contributed by atoms with Gasteiger partial charge in [-0.2, -0.15) is 0 Å². The first-order valence-corrected chi connectivity index (χ1v) is 48.7. The van der Waals surface area contributed by atoms with Crippen molar-refractivity contribution in [2.75, 3.05) is 0 Å². The van der Waals surface area contributed by atoms with E-state index in [0.29, 0.717) is 0 Å². The van der Waals surface area contributed by atoms with Crippen molar-refractivity contribution in [3.63, 3.8) is 0 Å². The van der Waals surface area contributed by atoms with Crippen LogP contribution in [0.3, 0.4) is 0 Å². The number of halogens is 1. The average Bonchev–Trinajstić information content (AvgIpc) is 0.854. The molecule has 18 rings (SSSR count). The van der Waals surface area contributed by atoms with Gasteiger partial charge >= 0.3 is 27.0 Å². The molecule has 18 aromatic rings. The molecule has 0 aromatic heterocycles. The number of hydrogen-bond acceptors (Lipinski definition) is 0. The minimum Gasteiger partial charge on any atom is -0.0622 e. The summed E-state index contributed by atoms with van der Waals surface area (Å²) in [5.74, 6) is 0. The topological polar surface area (TPSA) is 0 Å². The molecule has 0 aliphatic carbocycles. The van der Waals surface area contributed by atoms with E-state index in [0.717, 1.165) is 0 Å². The Morgan fingerprint density at radius 1 is 0.0940 bits per heavy atom. The summed E-state index contributed by atoms with van der Waals surface area (Å²) in [6, 6.07) is 194. The Kier molecular flexibility index (Phi) is 38.0. The molecular formula is C108H90ClP6Rh2. The first-order valence-electron chi connectivity index (χ1n) is 38.5. The van der Waals surface area contributed by atoms with Gasteiger partial charge in [-0.05, 0) is 143 Å². The van der Waals surface area contributed by atoms with Crippen molar-refractivity contribution in [2.24, 2.45) is 0 Å². The van der Waals surface area contributed by atoms with Gasteiger partial charge in [0.05, 0.1) is 0 Å². The normalized spacial score (nSPS) is 10.4. The van der Waals surface area contributed by atoms with Gasteiger partial charge in [0.1, 0.15) is 0 Å². The van der Waals surface area contributed by atoms with Gasteiger partial charge in [0, 0.05) is 19.5 Å². The summed E-state index contributed by atoms with van der Waals surface area (Å²) in [5, 5.41) is 25.2. The molecule has 9 heteroatoms. The number of hydrogen-bond donors (Lipinski definition) is 0. The Bertz CT molecular complexity index is 4080. The van der Waals surface area contributed by atoms with E-state index in [1.54, 1.807) is 0 Å². The zero-order valence-corrected chi connectivity index (χ0v) is 74.1. The minimum absolute atomic E-state index is 0. The van der Waals surface area contributed by atoms with E-state index in [4.69, 9.17) is 0 Å². The molecule has 18 aromatic carbocycles. The third-order valence-corrected chi connectivity index (χ3v) is 32.9. The van der Waals surface area contributed by atoms with Crippen LogP contribution in [0.25, 0.3) is 0 Å². The minimum atomic E-state index is -0.446. The van der Waals surface area contributed by atoms with Crippen LogP contribution in [-0.4, -0.2) is 0 Å². The van der Waals surface area contributed by atoms with Crippen LogP contribution in [0, 0.1) is 0 Å². The van der Waals surface area contributed by atoms with Gasteiger partial charge in [0.2, 0.25) is 0 Å². The predicted molar refractivity (Wildman–Crippen MR) is 517 cm³/mol. The second kappa shape index (κ2) is 50.6. The molecule has 0 bridgehead atoms. The summed E-state index contributed by atoms with van der Waals surface area (Å²) in [6.45, 7) is 0. The third-order valence-electron chi connectivity index (χ3n) is 18.3. The summed E-state index contributed by atoms with van der Waals surface area (Å²) < 4.78 is 0. The fourth-order valence-electron chi connectivity index (χ4n) is 13.1. The molecule has 1 radical (unpaired) electrons. The standard InChI is InChI=1S/6C18H15P.ClH.2Rh/c6*1-4-10-16(11-5-1)19(17-12-6-2-7-13-17)18-14-8-3-9-15-18;;;/h6*1-15H;1H;;/q;;;;;;;;+1/p-1. The smallest absolute Gasteiger partial charge is 0 e. The summed E-state index contributed by atoms with van der Waals surface area (Å²) in [4.78, 5) is 0. The Hall–Kier alpha value is -9.92. The predicted octanol–water partition coefficient (Wildman–Crippen LogP) is 21.4. The van der Waals surface area contributed by atoms with Crippen molar-refractivity contribution in [1.82, 2.24) is 0 Å². The Labute approximate surface area is 728 Å². The Morgan fingerprint density at radius 2 is 0.137 bits per heavy atom. The Balaban J connectivity index is 0.000000137. The maximum Gasteiger partial charge on any atom is 0 e. The van der Waals surface area contributed by atoms with Crippen molar-refractivity contribution >= 4 is 153 Å². The second-order valence-corrected chi connectivity index (χ2v) is 39.4. The van der Waals surface area contributed by atoms with Gasteiger partial charge in [0.25, 0.3) is 0 Å². The van der Waals surface area contributed by atoms with Crippen molar-refractivity contribution in [3.05, 3.63) is 546 Å². The Morgan fingerprint density at radius 3 is 0.179 bits per heavy atom. The van der Waals surface area contributed by atoms with Crippen LogP contribution in [0.5, 0.6) is 0 Å². The zero-order valence-electron chi connectivity index (χ0n) is 64.7. The molecule has 0 nitrogen and oxygen atoms in total. The van der Waals surface area contributed by atoms with E-state index in [9.17, 15) is 0 Å². The van der Waals surface area contributed by atoms with Gasteiger partial charge in [-0.3, -0.25) is 0 Å². The molecule has 0 fully saturated rings. The van der Waals surface area contributed by atoms with Crippen LogP contribution in [0.2, 0.25) is 0 Å². The molecule has 0 amide bonds. The molecule has 0 saturated carbocycles. The van der Waals surface area contributed by atoms with Crippen LogP contribution in [0.1, 0.15) is 0 Å². The average molecular weight is 1820 g/mol. The van der Waals surface area contributed by atoms with Gasteiger partial charge in [0.15, 0.2) is 0 Å². The SMILES string of the molecule is [Cl][Rh].[Rh].c1ccc(P(c2ccccc2)c2ccccc2)cc1.c1ccc(P(c2ccccc2)c2ccccc2)cc1.c1ccc(P(c2ccccc2)c2ccccc2)cc1.c1ccc(P(c2ccccc2)c2ccccc2)cc1.c1ccc(P(c2ccccc2)c2ccccc2)cc1.c1ccc(P(c2ccccc2)c2ccccc2)cc1. The van der Waals surface area contributed by atoms with Crippen molar-refractivity contribution in [2.45, 2.75) is 0 Å². The molecule has 0 N–H and O–H groups in total. The maximum absolute atomic E-state index is 4.53. The van der Waals surface area contributed by atoms with E-state index in [2.05, 4.69) is 556 Å². The molecule has 0 aliphatic rings. The summed E-state index contributed by atoms with van der Waals surface area (Å²) in [7, 11) is 1.85. The van der Waals surface area contributed by atoms with Gasteiger partial charge in [-0.1, -0.05) is 546 Å². The van der Waals surface area contributed by atoms with Crippen LogP contribution in [0.4, 0.5) is 0 Å². The van der Waals surface area contributed by atoms with Crippen LogP contribution in [0.15, 0.2) is 546 Å². The summed E-state index contributed by atoms with van der Waals surface area (Å²) in [6.07, 6.45) is 0. The molecule has 117 heavy (non-hydrogen) atoms. The molecule has 0 saturated heterocycles. The largest absolute Gasteiger partial charge is 0.0622 e. The molecular weight excluding hydrogens is 1720 g/mol. The fraction of sp³-hybridized carbons (Fsp3) is 0. The molecule has 0 spiro atoms. The molecule has 577 valence electrons. The van der Waals surface area contributed by atoms with Crippen molar-refractivity contribution in [1.29, 1.82) is 0 Å². The number of rotatable bonds is 18. The first-order chi connectivity index (χ1) is 57.7. The molecule has 0 unspecified atom stereocenters. The van der Waals surface area contributed by atoms with E-state index in [1.165, 1.54) is 95.5 Å². The van der Waals surface area contributed by atoms with E-state index in [1.807, 2.05) is 17.3 Å². The van der Waals surface area contributed by atoms with E-state index < -0.39 is 47.5 Å². The maximum atomic E-state index is 4.53. The first kappa shape index (κ1) is 87.9. The van der Waals surface area contributed by atoms with Crippen LogP contribution in [-0.2, 0) is 36.8 Å². The molecule has 0 atom stereocenters. The van der Waals surface area contributed by atoms with E-state index >= 15 is 0 Å². The monoisotopic (exact) mass is 1810 g/mol. The van der Waals surface area contributed by atoms with Gasteiger partial charge in [-0.25, -0.2) is 0 Å². The van der Waals surface area contributed by atoms with Gasteiger partial charge in [-0.15, -0.1) is 0 Å². The van der Waals surface area contributed by atoms with Crippen molar-refractivity contribution < 1.29 is 36.8 Å². The fourth-order valence-corrected chi connectivity index (χ4v) is 26.9. The van der Waals surface area contributed by atoms with Crippen LogP contribution < -0.4 is 95.5 Å². The van der Waals surface area contributed by atoms with Gasteiger partial charge < -0.3 is 0 Å². The zero-order chi connectivity index (χ0) is 79.5. The molecule has 0 heterocycles. The molecule has 0 aliphatic heterocycles. The van der Waals surface area contributed by atoms with E-state index in [-0.39, 0.29) is 19.5 Å².